The van der Waals surface area contributed by atoms with Gasteiger partial charge in [-0.2, -0.15) is 0 Å². The Kier molecular flexibility index (Phi) is 8.06. The minimum atomic E-state index is -3.99. The molecule has 1 unspecified atom stereocenters. The minimum Gasteiger partial charge on any atom is -0.496 e. The largest absolute Gasteiger partial charge is 0.496 e. The molecular weight excluding hydrogens is 470 g/mol. The van der Waals surface area contributed by atoms with E-state index in [1.54, 1.807) is 24.3 Å². The SMILES string of the molecule is CCc1ccc(OC)c(S(=O)(=O)Nc2noc3cc(COC4CCNC4)cc(OC)c23)c1.Cl. The van der Waals surface area contributed by atoms with E-state index in [4.69, 9.17) is 18.7 Å². The van der Waals surface area contributed by atoms with E-state index in [1.807, 2.05) is 13.0 Å². The van der Waals surface area contributed by atoms with Crippen molar-refractivity contribution in [1.29, 1.82) is 0 Å². The van der Waals surface area contributed by atoms with E-state index in [2.05, 4.69) is 15.2 Å². The van der Waals surface area contributed by atoms with Crippen molar-refractivity contribution in [3.05, 3.63) is 41.5 Å². The number of hydrogen-bond acceptors (Lipinski definition) is 8. The van der Waals surface area contributed by atoms with Crippen molar-refractivity contribution >= 4 is 39.2 Å². The summed E-state index contributed by atoms with van der Waals surface area (Å²) in [5, 5.41) is 7.65. The Bertz CT molecular complexity index is 1210. The zero-order valence-corrected chi connectivity index (χ0v) is 20.3. The van der Waals surface area contributed by atoms with Crippen molar-refractivity contribution in [3.63, 3.8) is 0 Å². The number of benzene rings is 2. The number of aryl methyl sites for hydroxylation is 1. The van der Waals surface area contributed by atoms with E-state index in [0.29, 0.717) is 29.7 Å². The monoisotopic (exact) mass is 497 g/mol. The molecule has 1 atom stereocenters. The first-order valence-corrected chi connectivity index (χ1v) is 11.9. The van der Waals surface area contributed by atoms with E-state index in [9.17, 15) is 8.42 Å². The number of nitrogens with one attached hydrogen (secondary N) is 2. The van der Waals surface area contributed by atoms with E-state index < -0.39 is 10.0 Å². The number of sulfonamides is 1. The maximum Gasteiger partial charge on any atom is 0.266 e. The molecule has 0 aliphatic carbocycles. The zero-order valence-electron chi connectivity index (χ0n) is 18.7. The fraction of sp³-hybridized carbons (Fsp3) is 0.409. The first kappa shape index (κ1) is 25.1. The van der Waals surface area contributed by atoms with Crippen LogP contribution < -0.4 is 19.5 Å². The molecule has 33 heavy (non-hydrogen) atoms. The smallest absolute Gasteiger partial charge is 0.266 e. The van der Waals surface area contributed by atoms with Gasteiger partial charge in [0.2, 0.25) is 0 Å². The zero-order chi connectivity index (χ0) is 22.7. The Morgan fingerprint density at radius 3 is 2.61 bits per heavy atom. The highest BCUT2D eigenvalue weighted by Gasteiger charge is 2.25. The molecule has 4 rings (SSSR count). The van der Waals surface area contributed by atoms with Gasteiger partial charge in [0, 0.05) is 6.54 Å². The molecule has 1 aliphatic heterocycles. The number of nitrogens with zero attached hydrogens (tertiary/aromatic N) is 1. The van der Waals surface area contributed by atoms with Crippen LogP contribution in [0.15, 0.2) is 39.8 Å². The van der Waals surface area contributed by atoms with E-state index >= 15 is 0 Å². The molecule has 0 bridgehead atoms. The van der Waals surface area contributed by atoms with Gasteiger partial charge in [-0.25, -0.2) is 8.42 Å². The molecule has 0 saturated carbocycles. The second-order valence-electron chi connectivity index (χ2n) is 7.57. The van der Waals surface area contributed by atoms with Crippen LogP contribution in [0.1, 0.15) is 24.5 Å². The fourth-order valence-electron chi connectivity index (χ4n) is 3.72. The number of hydrogen-bond donors (Lipinski definition) is 2. The predicted molar refractivity (Wildman–Crippen MR) is 127 cm³/mol. The van der Waals surface area contributed by atoms with Crippen LogP contribution >= 0.6 is 12.4 Å². The molecule has 1 fully saturated rings. The van der Waals surface area contributed by atoms with Crippen LogP contribution in [0.3, 0.4) is 0 Å². The first-order valence-electron chi connectivity index (χ1n) is 10.4. The summed E-state index contributed by atoms with van der Waals surface area (Å²) in [6, 6.07) is 8.65. The Labute approximate surface area is 199 Å². The number of rotatable bonds is 9. The van der Waals surface area contributed by atoms with Crippen molar-refractivity contribution in [3.8, 4) is 11.5 Å². The number of anilines is 1. The molecule has 0 radical (unpaired) electrons. The molecule has 0 amide bonds. The second-order valence-corrected chi connectivity index (χ2v) is 9.22. The van der Waals surface area contributed by atoms with Gasteiger partial charge in [-0.3, -0.25) is 4.72 Å². The molecule has 3 aromatic rings. The van der Waals surface area contributed by atoms with Gasteiger partial charge in [-0.05, 0) is 54.8 Å². The van der Waals surface area contributed by atoms with E-state index in [-0.39, 0.29) is 35.0 Å². The summed E-state index contributed by atoms with van der Waals surface area (Å²) in [4.78, 5) is 0.0321. The van der Waals surface area contributed by atoms with Crippen molar-refractivity contribution in [2.24, 2.45) is 0 Å². The fourth-order valence-corrected chi connectivity index (χ4v) is 4.95. The highest BCUT2D eigenvalue weighted by Crippen LogP contribution is 2.36. The molecule has 2 heterocycles. The molecular formula is C22H28ClN3O6S. The average molecular weight is 498 g/mol. The van der Waals surface area contributed by atoms with E-state index in [1.165, 1.54) is 14.2 Å². The van der Waals surface area contributed by atoms with Crippen LogP contribution in [0.25, 0.3) is 11.0 Å². The van der Waals surface area contributed by atoms with Gasteiger partial charge >= 0.3 is 0 Å². The Morgan fingerprint density at radius 2 is 1.94 bits per heavy atom. The number of aromatic nitrogens is 1. The lowest BCUT2D eigenvalue weighted by atomic mass is 10.1. The summed E-state index contributed by atoms with van der Waals surface area (Å²) in [6.07, 6.45) is 1.83. The number of fused-ring (bicyclic) bond motifs is 1. The van der Waals surface area contributed by atoms with Crippen LogP contribution in [0, 0.1) is 0 Å². The predicted octanol–water partition coefficient (Wildman–Crippen LogP) is 3.51. The van der Waals surface area contributed by atoms with Crippen LogP contribution in [0.2, 0.25) is 0 Å². The third-order valence-corrected chi connectivity index (χ3v) is 6.84. The molecule has 1 aliphatic rings. The lowest BCUT2D eigenvalue weighted by Crippen LogP contribution is -2.16. The number of halogens is 1. The molecule has 1 saturated heterocycles. The second kappa shape index (κ2) is 10.6. The van der Waals surface area contributed by atoms with Crippen LogP contribution in [-0.4, -0.2) is 47.0 Å². The highest BCUT2D eigenvalue weighted by molar-refractivity contribution is 7.92. The van der Waals surface area contributed by atoms with Crippen LogP contribution in [-0.2, 0) is 27.8 Å². The van der Waals surface area contributed by atoms with Gasteiger partial charge in [-0.15, -0.1) is 12.4 Å². The maximum absolute atomic E-state index is 13.2. The van der Waals surface area contributed by atoms with Crippen LogP contribution in [0.5, 0.6) is 11.5 Å². The van der Waals surface area contributed by atoms with Crippen molar-refractivity contribution in [2.45, 2.75) is 37.4 Å². The summed E-state index contributed by atoms with van der Waals surface area (Å²) in [5.41, 5.74) is 2.12. The third-order valence-electron chi connectivity index (χ3n) is 5.48. The molecule has 11 heteroatoms. The lowest BCUT2D eigenvalue weighted by Gasteiger charge is -2.13. The van der Waals surface area contributed by atoms with Crippen molar-refractivity contribution in [2.75, 3.05) is 32.0 Å². The maximum atomic E-state index is 13.2. The first-order chi connectivity index (χ1) is 15.4. The molecule has 0 spiro atoms. The third kappa shape index (κ3) is 5.35. The summed E-state index contributed by atoms with van der Waals surface area (Å²) < 4.78 is 51.0. The molecule has 2 aromatic carbocycles. The number of methoxy groups -OCH3 is 2. The van der Waals surface area contributed by atoms with Crippen molar-refractivity contribution < 1.29 is 27.2 Å². The normalized spacial score (nSPS) is 15.9. The standard InChI is InChI=1S/C22H27N3O6S.ClH/c1-4-14-5-6-17(28-2)20(11-14)32(26,27)25-22-21-18(29-3)9-15(10-19(21)31-24-22)13-30-16-7-8-23-12-16;/h5-6,9-11,16,23H,4,7-8,12-13H2,1-3H3,(H,24,25);1H. The molecule has 1 aromatic heterocycles. The highest BCUT2D eigenvalue weighted by atomic mass is 35.5. The van der Waals surface area contributed by atoms with E-state index in [0.717, 1.165) is 30.6 Å². The van der Waals surface area contributed by atoms with Gasteiger partial charge in [0.05, 0.1) is 26.9 Å². The van der Waals surface area contributed by atoms with Gasteiger partial charge in [0.25, 0.3) is 10.0 Å². The topological polar surface area (TPSA) is 112 Å². The molecule has 9 nitrogen and oxygen atoms in total. The Morgan fingerprint density at radius 1 is 1.15 bits per heavy atom. The van der Waals surface area contributed by atoms with Gasteiger partial charge in [-0.1, -0.05) is 18.1 Å². The summed E-state index contributed by atoms with van der Waals surface area (Å²) in [7, 11) is -1.05. The summed E-state index contributed by atoms with van der Waals surface area (Å²) in [5.74, 6) is 0.738. The summed E-state index contributed by atoms with van der Waals surface area (Å²) >= 11 is 0. The van der Waals surface area contributed by atoms with Gasteiger partial charge < -0.3 is 24.1 Å². The lowest BCUT2D eigenvalue weighted by molar-refractivity contribution is 0.0541. The average Bonchev–Trinajstić information content (AvgIpc) is 3.46. The molecule has 2 N–H and O–H groups in total. The van der Waals surface area contributed by atoms with Gasteiger partial charge in [0.15, 0.2) is 11.4 Å². The summed E-state index contributed by atoms with van der Waals surface area (Å²) in [6.45, 7) is 4.12. The van der Waals surface area contributed by atoms with Crippen LogP contribution in [0.4, 0.5) is 5.82 Å². The number of ether oxygens (including phenoxy) is 3. The van der Waals surface area contributed by atoms with Gasteiger partial charge in [0.1, 0.15) is 21.8 Å². The van der Waals surface area contributed by atoms with Crippen molar-refractivity contribution in [1.82, 2.24) is 10.5 Å². The Hall–Kier alpha value is -2.53. The minimum absolute atomic E-state index is 0. The quantitative estimate of drug-likeness (QED) is 0.462. The Balaban J connectivity index is 0.00000306. The molecule has 180 valence electrons.